The summed E-state index contributed by atoms with van der Waals surface area (Å²) < 4.78 is 78.1. The Morgan fingerprint density at radius 1 is 1.21 bits per heavy atom. The number of piperidine rings is 1. The Balaban J connectivity index is 1.58. The van der Waals surface area contributed by atoms with E-state index in [0.29, 0.717) is 31.6 Å². The van der Waals surface area contributed by atoms with Crippen molar-refractivity contribution in [1.82, 2.24) is 14.2 Å². The van der Waals surface area contributed by atoms with Crippen molar-refractivity contribution in [2.75, 3.05) is 24.4 Å². The molecule has 0 amide bonds. The lowest BCUT2D eigenvalue weighted by Crippen LogP contribution is -2.57. The fourth-order valence-corrected chi connectivity index (χ4v) is 6.73. The monoisotopic (exact) mass is 490 g/mol. The molecule has 1 aromatic carbocycles. The van der Waals surface area contributed by atoms with E-state index in [4.69, 9.17) is 0 Å². The van der Waals surface area contributed by atoms with Gasteiger partial charge in [0.25, 0.3) is 0 Å². The van der Waals surface area contributed by atoms with E-state index in [-0.39, 0.29) is 18.3 Å². The minimum atomic E-state index is -4.76. The molecule has 1 spiro atoms. The smallest absolute Gasteiger partial charge is 0.437 e. The summed E-state index contributed by atoms with van der Waals surface area (Å²) in [7, 11) is -1.75. The number of alkyl halides is 3. The maximum Gasteiger partial charge on any atom is 0.437 e. The maximum absolute atomic E-state index is 13.9. The van der Waals surface area contributed by atoms with Crippen LogP contribution in [0.3, 0.4) is 0 Å². The van der Waals surface area contributed by atoms with Gasteiger partial charge in [0.1, 0.15) is 11.6 Å². The summed E-state index contributed by atoms with van der Waals surface area (Å²) in [5.41, 5.74) is -1.45. The van der Waals surface area contributed by atoms with E-state index in [1.54, 1.807) is 13.1 Å². The average molecular weight is 491 g/mol. The van der Waals surface area contributed by atoms with Crippen LogP contribution in [0.4, 0.5) is 23.2 Å². The Bertz CT molecular complexity index is 1040. The lowest BCUT2D eigenvalue weighted by Gasteiger charge is -2.51. The number of aromatic hydroxyl groups is 1. The molecule has 0 aliphatic carbocycles. The molecule has 0 saturated carbocycles. The van der Waals surface area contributed by atoms with Gasteiger partial charge in [-0.15, -0.1) is 0 Å². The number of anilines is 1. The Hall–Kier alpha value is -2.12. The van der Waals surface area contributed by atoms with E-state index < -0.39 is 39.9 Å². The zero-order chi connectivity index (χ0) is 24.2. The van der Waals surface area contributed by atoms with Crippen molar-refractivity contribution in [3.8, 4) is 5.75 Å². The third-order valence-corrected chi connectivity index (χ3v) is 8.44. The van der Waals surface area contributed by atoms with Crippen molar-refractivity contribution < 1.29 is 31.8 Å². The first-order valence-corrected chi connectivity index (χ1v) is 11.9. The number of aromatic nitrogens is 1. The minimum Gasteiger partial charge on any atom is -0.506 e. The largest absolute Gasteiger partial charge is 0.506 e. The van der Waals surface area contributed by atoms with Gasteiger partial charge in [-0.1, -0.05) is 17.0 Å². The van der Waals surface area contributed by atoms with E-state index >= 15 is 0 Å². The zero-order valence-corrected chi connectivity index (χ0v) is 18.9. The number of benzene rings is 1. The molecule has 2 fully saturated rings. The molecule has 33 heavy (non-hydrogen) atoms. The van der Waals surface area contributed by atoms with E-state index in [9.17, 15) is 31.8 Å². The zero-order valence-electron chi connectivity index (χ0n) is 18.1. The van der Waals surface area contributed by atoms with E-state index in [1.165, 1.54) is 32.9 Å². The third-order valence-electron chi connectivity index (χ3n) is 6.38. The number of hydrogen-bond acceptors (Lipinski definition) is 7. The Morgan fingerprint density at radius 3 is 2.58 bits per heavy atom. The summed E-state index contributed by atoms with van der Waals surface area (Å²) in [4.78, 5) is 5.59. The highest BCUT2D eigenvalue weighted by Gasteiger charge is 2.55. The van der Waals surface area contributed by atoms with Gasteiger partial charge in [-0.05, 0) is 50.1 Å². The lowest BCUT2D eigenvalue weighted by atomic mass is 9.83. The predicted octanol–water partition coefficient (Wildman–Crippen LogP) is 4.70. The molecule has 0 bridgehead atoms. The van der Waals surface area contributed by atoms with Gasteiger partial charge in [0, 0.05) is 32.7 Å². The molecule has 7 nitrogen and oxygen atoms in total. The maximum atomic E-state index is 13.9. The molecule has 3 N–H and O–H groups in total. The second-order valence-electron chi connectivity index (χ2n) is 8.72. The molecule has 2 aliphatic rings. The molecule has 182 valence electrons. The van der Waals surface area contributed by atoms with Gasteiger partial charge in [-0.25, -0.2) is 9.37 Å². The Morgan fingerprint density at radius 2 is 1.94 bits per heavy atom. The highest BCUT2D eigenvalue weighted by atomic mass is 32.3. The van der Waals surface area contributed by atoms with Gasteiger partial charge in [-0.3, -0.25) is 18.3 Å². The molecule has 1 aromatic heterocycles. The van der Waals surface area contributed by atoms with Gasteiger partial charge in [0.05, 0.1) is 16.9 Å². The Kier molecular flexibility index (Phi) is 6.02. The van der Waals surface area contributed by atoms with Gasteiger partial charge >= 0.3 is 6.18 Å². The van der Waals surface area contributed by atoms with Crippen LogP contribution in [0.15, 0.2) is 36.4 Å². The molecular formula is C21H26F4N4O3S. The van der Waals surface area contributed by atoms with E-state index in [0.717, 1.165) is 6.07 Å². The van der Waals surface area contributed by atoms with Crippen LogP contribution in [0, 0.1) is 5.82 Å². The predicted molar refractivity (Wildman–Crippen MR) is 117 cm³/mol. The van der Waals surface area contributed by atoms with Crippen LogP contribution < -0.4 is 4.31 Å². The fraction of sp³-hybridized carbons (Fsp3) is 0.476. The normalized spacial score (nSPS) is 27.3. The third kappa shape index (κ3) is 4.37. The van der Waals surface area contributed by atoms with Crippen LogP contribution in [-0.4, -0.2) is 60.1 Å². The molecule has 12 heteroatoms. The Labute approximate surface area is 190 Å². The molecule has 0 unspecified atom stereocenters. The van der Waals surface area contributed by atoms with Gasteiger partial charge in [0.2, 0.25) is 0 Å². The van der Waals surface area contributed by atoms with Crippen LogP contribution in [0.25, 0.3) is 0 Å². The molecule has 2 saturated heterocycles. The second-order valence-corrected chi connectivity index (χ2v) is 10.7. The number of halogens is 4. The van der Waals surface area contributed by atoms with Crippen molar-refractivity contribution >= 4 is 16.6 Å². The molecule has 2 atom stereocenters. The van der Waals surface area contributed by atoms with Gasteiger partial charge < -0.3 is 5.11 Å². The van der Waals surface area contributed by atoms with Crippen molar-refractivity contribution in [3.05, 3.63) is 53.6 Å². The van der Waals surface area contributed by atoms with Crippen LogP contribution in [-0.2, 0) is 12.7 Å². The first-order valence-electron chi connectivity index (χ1n) is 10.4. The quantitative estimate of drug-likeness (QED) is 0.538. The van der Waals surface area contributed by atoms with Crippen LogP contribution in [0.1, 0.15) is 31.2 Å². The molecule has 2 aliphatic heterocycles. The molecule has 2 aromatic rings. The number of pyridine rings is 1. The number of nitrogens with zero attached hydrogens (tertiary/aromatic N) is 4. The molecule has 4 rings (SSSR count). The van der Waals surface area contributed by atoms with Crippen molar-refractivity contribution in [2.24, 2.45) is 0 Å². The van der Waals surface area contributed by atoms with Crippen LogP contribution in [0.5, 0.6) is 5.75 Å². The summed E-state index contributed by atoms with van der Waals surface area (Å²) in [6.07, 6.45) is -3.79. The topological polar surface area (TPSA) is 83.3 Å². The minimum absolute atomic E-state index is 0.138. The first-order chi connectivity index (χ1) is 15.3. The highest BCUT2D eigenvalue weighted by molar-refractivity contribution is 8.23. The summed E-state index contributed by atoms with van der Waals surface area (Å²) >= 11 is 0. The molecule has 0 radical (unpaired) electrons. The molecule has 3 heterocycles. The van der Waals surface area contributed by atoms with Crippen LogP contribution in [0.2, 0.25) is 0 Å². The standard InChI is InChI=1S/C21H26F4N4O3S/c1-14-11-20(13-27(2)33(31,32)29(20)17-5-3-4-15(22)10-17)8-9-28(14)12-16-6-7-18(30)19(26-16)21(23,24)25/h3-7,10,14,30-32H,8-9,11-13H2,1-2H3/t14-,20+/m0/s1. The second kappa shape index (κ2) is 8.27. The number of likely N-dealkylation sites (tertiary alicyclic amines) is 1. The molecular weight excluding hydrogens is 464 g/mol. The van der Waals surface area contributed by atoms with Crippen molar-refractivity contribution in [2.45, 2.75) is 44.1 Å². The van der Waals surface area contributed by atoms with Crippen molar-refractivity contribution in [1.29, 1.82) is 0 Å². The summed E-state index contributed by atoms with van der Waals surface area (Å²) in [5.74, 6) is -1.40. The van der Waals surface area contributed by atoms with Crippen molar-refractivity contribution in [3.63, 3.8) is 0 Å². The van der Waals surface area contributed by atoms with E-state index in [2.05, 4.69) is 4.98 Å². The summed E-state index contributed by atoms with van der Waals surface area (Å²) in [6.45, 7) is 2.87. The average Bonchev–Trinajstić information content (AvgIpc) is 2.89. The summed E-state index contributed by atoms with van der Waals surface area (Å²) in [6, 6.07) is 7.92. The summed E-state index contributed by atoms with van der Waals surface area (Å²) in [5, 5.41) is 9.52. The lowest BCUT2D eigenvalue weighted by molar-refractivity contribution is -0.142. The van der Waals surface area contributed by atoms with Gasteiger partial charge in [0.15, 0.2) is 5.69 Å². The number of rotatable bonds is 3. The van der Waals surface area contributed by atoms with E-state index in [1.807, 2.05) is 11.8 Å². The first kappa shape index (κ1) is 24.0. The number of hydrogen-bond donors (Lipinski definition) is 3. The van der Waals surface area contributed by atoms with Crippen LogP contribution >= 0.6 is 11.0 Å². The highest BCUT2D eigenvalue weighted by Crippen LogP contribution is 2.61. The SMILES string of the molecule is C[C@H]1C[C@]2(CCN1Cc1ccc(O)c(C(F)(F)F)n1)CN(C)S(O)(O)N2c1cccc(F)c1. The van der Waals surface area contributed by atoms with Gasteiger partial charge in [-0.2, -0.15) is 17.5 Å². The number of likely N-dealkylation sites (N-methyl/N-ethyl adjacent to an activating group) is 1. The fourth-order valence-electron chi connectivity index (χ4n) is 4.90.